The molecule has 6 N–H and O–H groups in total. The normalized spacial score (nSPS) is 10.3. The van der Waals surface area contributed by atoms with Crippen molar-refractivity contribution >= 4 is 238 Å². The number of aldehydes is 4. The molecule has 0 atom stereocenters. The van der Waals surface area contributed by atoms with E-state index in [0.29, 0.717) is 38.6 Å². The number of carbonyl (C=O) groups is 4. The third kappa shape index (κ3) is 30.1. The number of halogens is 4. The summed E-state index contributed by atoms with van der Waals surface area (Å²) in [6, 6.07) is 185. The van der Waals surface area contributed by atoms with E-state index in [2.05, 4.69) is 435 Å². The van der Waals surface area contributed by atoms with Crippen LogP contribution in [0.1, 0.15) is 42.9 Å². The van der Waals surface area contributed by atoms with Crippen LogP contribution in [0.15, 0.2) is 544 Å². The number of fused-ring (bicyclic) bond motifs is 7. The molecule has 0 saturated heterocycles. The van der Waals surface area contributed by atoms with Gasteiger partial charge in [0.05, 0.1) is 0 Å². The summed E-state index contributed by atoms with van der Waals surface area (Å²) in [6.07, 6.45) is 2.96. The molecule has 0 bridgehead atoms. The fourth-order valence-electron chi connectivity index (χ4n) is 16.3. The number of benzene rings is 22. The average molecular weight is 2180 g/mol. The quantitative estimate of drug-likeness (QED) is 0.0217. The molecule has 0 aliphatic rings. The molecule has 22 aromatic carbocycles. The molecule has 0 aliphatic heterocycles. The van der Waals surface area contributed by atoms with E-state index >= 15 is 0 Å². The molecule has 0 fully saturated rings. The van der Waals surface area contributed by atoms with Gasteiger partial charge < -0.3 is 15.5 Å². The van der Waals surface area contributed by atoms with Gasteiger partial charge in [-0.3, -0.25) is 19.2 Å². The number of hydrogen-bond donors (Lipinski definition) is 4. The van der Waals surface area contributed by atoms with Crippen molar-refractivity contribution in [2.45, 2.75) is 0 Å². The number of nitrogens with one attached hydrogen (secondary N) is 2. The molecular formula is C126H101BBrCl3N2O7P4Pd. The molecule has 0 heterocycles. The molecule has 0 spiro atoms. The first-order valence-electron chi connectivity index (χ1n) is 45.9. The van der Waals surface area contributed by atoms with Crippen molar-refractivity contribution in [1.29, 1.82) is 11.1 Å². The summed E-state index contributed by atoms with van der Waals surface area (Å²) in [6.45, 7) is 0. The standard InChI is InChI=1S/C18H11ClO2.C18H11Cl.4C18H15P.C11H7BrO.C7H6BClO3.H2N2.H2O.Pd.H2/c19-15-7-8-17(14(9-15)11-21)18-13(10-20)6-5-12-3-1-2-4-16(12)18;19-15-9-10-17-14(11-15)8-7-13-6-5-12-3-1-2-4-16(12)18(13)17;4*1-4-10-16(11-5-1)19(17-12-6-2-7-13-17)18-14-8-3-9-15-18;12-11-9(7-13)6-5-8-3-1-2-4-10(8)11;9-6-1-2-7(8(11)12)5(3-6)4-10;1-2;;;/h1-11H;1-11H;4*1-15H;1-7H;1-4,11-12H;1-2H;1H2;;1H. The van der Waals surface area contributed by atoms with Crippen LogP contribution in [-0.2, 0) is 20.4 Å². The van der Waals surface area contributed by atoms with E-state index in [1.54, 1.807) is 24.3 Å². The smallest absolute Gasteiger partial charge is 0.423 e. The van der Waals surface area contributed by atoms with Gasteiger partial charge in [-0.1, -0.05) is 532 Å². The van der Waals surface area contributed by atoms with Gasteiger partial charge in [0.2, 0.25) is 0 Å². The van der Waals surface area contributed by atoms with Crippen molar-refractivity contribution in [1.82, 2.24) is 0 Å². The summed E-state index contributed by atoms with van der Waals surface area (Å²) >= 11 is 21.0. The Kier molecular flexibility index (Phi) is 44.1. The maximum atomic E-state index is 11.4. The van der Waals surface area contributed by atoms with Crippen molar-refractivity contribution in [2.75, 3.05) is 0 Å². The Morgan fingerprint density at radius 2 is 0.462 bits per heavy atom. The van der Waals surface area contributed by atoms with E-state index in [1.807, 2.05) is 78.9 Å². The Bertz CT molecular complexity index is 6980. The van der Waals surface area contributed by atoms with Gasteiger partial charge in [-0.15, -0.1) is 0 Å². The summed E-state index contributed by atoms with van der Waals surface area (Å²) in [7, 11) is -3.42. The molecule has 0 aromatic heterocycles. The van der Waals surface area contributed by atoms with E-state index in [1.165, 1.54) is 114 Å². The van der Waals surface area contributed by atoms with Gasteiger partial charge >= 0.3 is 7.12 Å². The van der Waals surface area contributed by atoms with E-state index < -0.39 is 38.8 Å². The van der Waals surface area contributed by atoms with Crippen LogP contribution in [0.4, 0.5) is 0 Å². The molecule has 22 aromatic rings. The summed E-state index contributed by atoms with van der Waals surface area (Å²) in [5.41, 5.74) is 13.6. The largest absolute Gasteiger partial charge is 0.489 e. The van der Waals surface area contributed by atoms with Gasteiger partial charge in [-0.25, -0.2) is 11.1 Å². The molecule has 145 heavy (non-hydrogen) atoms. The Hall–Kier alpha value is -13.9. The van der Waals surface area contributed by atoms with Crippen LogP contribution in [0, 0.1) is 11.1 Å². The first kappa shape index (κ1) is 110. The van der Waals surface area contributed by atoms with E-state index in [-0.39, 0.29) is 38.4 Å². The molecule has 0 unspecified atom stereocenters. The van der Waals surface area contributed by atoms with E-state index in [0.717, 1.165) is 55.5 Å². The third-order valence-electron chi connectivity index (χ3n) is 22.8. The zero-order chi connectivity index (χ0) is 99.7. The van der Waals surface area contributed by atoms with Gasteiger partial charge in [-0.05, 0) is 219 Å². The fourth-order valence-corrected chi connectivity index (χ4v) is 26.6. The second kappa shape index (κ2) is 58.2. The third-order valence-corrected chi connectivity index (χ3v) is 34.2. The minimum atomic E-state index is -1.64. The van der Waals surface area contributed by atoms with Gasteiger partial charge in [-0.2, -0.15) is 0 Å². The molecule has 0 saturated carbocycles. The zero-order valence-corrected chi connectivity index (χ0v) is 87.4. The zero-order valence-electron chi connectivity index (χ0n) is 78.4. The van der Waals surface area contributed by atoms with Gasteiger partial charge in [0.1, 0.15) is 6.29 Å². The second-order valence-corrected chi connectivity index (χ2v) is 43.0. The minimum Gasteiger partial charge on any atom is -0.423 e. The molecule has 22 rings (SSSR count). The summed E-state index contributed by atoms with van der Waals surface area (Å²) in [5.74, 6) is 0. The van der Waals surface area contributed by atoms with Crippen LogP contribution in [0.5, 0.6) is 0 Å². The summed E-state index contributed by atoms with van der Waals surface area (Å²) < 4.78 is 0.876. The number of carbonyl (C=O) groups excluding carboxylic acids is 4. The van der Waals surface area contributed by atoms with Crippen LogP contribution in [0.3, 0.4) is 0 Å². The van der Waals surface area contributed by atoms with Crippen LogP contribution in [0.25, 0.3) is 65.0 Å². The summed E-state index contributed by atoms with van der Waals surface area (Å²) in [5, 5.41) is 47.8. The van der Waals surface area contributed by atoms with Gasteiger partial charge in [0.15, 0.2) is 18.9 Å². The van der Waals surface area contributed by atoms with Crippen LogP contribution < -0.4 is 69.1 Å². The molecule has 0 amide bonds. The molecular weight excluding hydrogens is 2080 g/mol. The average Bonchev–Trinajstić information content (AvgIpc) is 0.731. The monoisotopic (exact) mass is 2180 g/mol. The van der Waals surface area contributed by atoms with Crippen molar-refractivity contribution in [3.8, 4) is 11.1 Å². The molecule has 0 aliphatic carbocycles. The van der Waals surface area contributed by atoms with Crippen LogP contribution >= 0.6 is 82.4 Å². The Morgan fingerprint density at radius 1 is 0.234 bits per heavy atom. The van der Waals surface area contributed by atoms with Gasteiger partial charge in [0.25, 0.3) is 0 Å². The topological polar surface area (TPSA) is 188 Å². The number of hydrogen-bond acceptors (Lipinski definition) is 8. The first-order chi connectivity index (χ1) is 70.3. The van der Waals surface area contributed by atoms with Crippen LogP contribution in [-0.4, -0.2) is 47.8 Å². The predicted octanol–water partition coefficient (Wildman–Crippen LogP) is 27.6. The minimum absolute atomic E-state index is 0. The molecule has 19 heteroatoms. The van der Waals surface area contributed by atoms with Crippen LogP contribution in [0.2, 0.25) is 15.1 Å². The van der Waals surface area contributed by atoms with E-state index in [9.17, 15) is 19.2 Å². The Labute approximate surface area is 890 Å². The SMILES string of the molecule is Clc1ccc2c(ccc3ccc4ccccc4c32)c1.N=N.O.O=Cc1cc(Cl)ccc1-c1c(C=O)ccc2ccccc12.O=Cc1cc(Cl)ccc1B(O)O.O=Cc1ccc2ccccc2c1Br.[HH].[Pd].c1ccc(P(c2ccccc2)c2ccccc2)cc1.c1ccc(P(c2ccccc2)c2ccccc2)cc1.c1ccc(P(c2ccccc2)c2ccccc2)cc1.c1ccc(P(c2ccccc2)c2ccccc2)cc1. The van der Waals surface area contributed by atoms with Crippen molar-refractivity contribution < 1.29 is 56.6 Å². The molecule has 9 nitrogen and oxygen atoms in total. The predicted molar refractivity (Wildman–Crippen MR) is 625 cm³/mol. The van der Waals surface area contributed by atoms with Crippen molar-refractivity contribution in [3.05, 3.63) is 582 Å². The summed E-state index contributed by atoms with van der Waals surface area (Å²) in [4.78, 5) is 43.8. The van der Waals surface area contributed by atoms with Gasteiger partial charge in [0, 0.05) is 69.2 Å². The van der Waals surface area contributed by atoms with Crippen molar-refractivity contribution in [2.24, 2.45) is 0 Å². The molecule has 0 radical (unpaired) electrons. The first-order valence-corrected chi connectivity index (χ1v) is 53.2. The Balaban J connectivity index is 0.000000159. The molecule has 718 valence electrons. The maximum absolute atomic E-state index is 11.4. The Morgan fingerprint density at radius 3 is 0.779 bits per heavy atom. The number of rotatable bonds is 18. The van der Waals surface area contributed by atoms with Crippen molar-refractivity contribution in [3.63, 3.8) is 0 Å². The van der Waals surface area contributed by atoms with E-state index in [4.69, 9.17) is 55.9 Å². The fraction of sp³-hybridized carbons (Fsp3) is 0. The second-order valence-electron chi connectivity index (χ2n) is 32.0. The maximum Gasteiger partial charge on any atom is 0.489 e.